The van der Waals surface area contributed by atoms with Crippen LogP contribution < -0.4 is 14.2 Å². The van der Waals surface area contributed by atoms with Crippen molar-refractivity contribution in [3.05, 3.63) is 112 Å². The minimum Gasteiger partial charge on any atom is -0.459 e. The van der Waals surface area contributed by atoms with Crippen LogP contribution in [0.15, 0.2) is 96.2 Å². The molecule has 1 fully saturated rings. The number of amides is 1. The number of allylic oxidation sites excluding steroid dienone is 1. The van der Waals surface area contributed by atoms with Crippen molar-refractivity contribution >= 4 is 23.8 Å². The molecule has 0 radical (unpaired) electrons. The van der Waals surface area contributed by atoms with Crippen molar-refractivity contribution in [3.63, 3.8) is 0 Å². The Morgan fingerprint density at radius 1 is 1.03 bits per heavy atom. The molecule has 14 nitrogen and oxygen atoms in total. The van der Waals surface area contributed by atoms with Gasteiger partial charge in [0.15, 0.2) is 0 Å². The molecule has 0 aromatic heterocycles. The average molecular weight is 798 g/mol. The first-order chi connectivity index (χ1) is 28.2. The lowest BCUT2D eigenvalue weighted by molar-refractivity contribution is -0.384. The molecule has 1 saturated carbocycles. The summed E-state index contributed by atoms with van der Waals surface area (Å²) in [4.78, 5) is 43.6. The van der Waals surface area contributed by atoms with Crippen LogP contribution in [0.1, 0.15) is 73.7 Å². The van der Waals surface area contributed by atoms with E-state index in [0.29, 0.717) is 48.0 Å². The van der Waals surface area contributed by atoms with E-state index in [1.54, 1.807) is 43.5 Å². The van der Waals surface area contributed by atoms with Crippen LogP contribution in [0.4, 0.5) is 10.5 Å². The zero-order valence-electron chi connectivity index (χ0n) is 32.9. The van der Waals surface area contributed by atoms with Crippen molar-refractivity contribution in [3.8, 4) is 23.0 Å². The number of benzene rings is 3. The summed E-state index contributed by atoms with van der Waals surface area (Å²) in [6.45, 7) is 6.29. The molecule has 2 aliphatic carbocycles. The molecule has 3 aromatic carbocycles. The number of carbonyl (C=O) groups is 2. The third-order valence-corrected chi connectivity index (χ3v) is 11.2. The van der Waals surface area contributed by atoms with E-state index in [4.69, 9.17) is 23.8 Å². The smallest absolute Gasteiger partial charge is 0.415 e. The van der Waals surface area contributed by atoms with E-state index in [2.05, 4.69) is 17.8 Å². The maximum atomic E-state index is 14.1. The summed E-state index contributed by atoms with van der Waals surface area (Å²) >= 11 is 0. The molecular formula is C44H51N3O11. The predicted molar refractivity (Wildman–Crippen MR) is 215 cm³/mol. The summed E-state index contributed by atoms with van der Waals surface area (Å²) in [6, 6.07) is 16.9. The largest absolute Gasteiger partial charge is 0.459 e. The van der Waals surface area contributed by atoms with Gasteiger partial charge in [-0.25, -0.2) is 4.79 Å². The summed E-state index contributed by atoms with van der Waals surface area (Å²) in [5.41, 5.74) is 2.70. The number of fused-ring (bicyclic) bond motifs is 2. The number of aldehydes is 1. The molecule has 0 unspecified atom stereocenters. The van der Waals surface area contributed by atoms with E-state index in [1.807, 2.05) is 19.1 Å². The Labute approximate surface area is 337 Å². The van der Waals surface area contributed by atoms with E-state index >= 15 is 0 Å². The standard InChI is InChI=1S/C44H51N3O11/c1-4-23-54-44-40(46(3)43(51)57-32-17-15-31(16-18-32)47(52)53)27-38(45-55-5-2)36-25-30(12-6-8-21-48)35(14-7-9-22-49)41(42(36)44)37-26-34(19-20-39(37)58-44)56-33-13-10-11-29(24-33)28-50/h4,10-11,13,15-20,24-26,28,30,35,40-42,48-49H,1,5-9,12,14,21-23,27H2,2-3H3/t30-,35+,40-,41+,42+,44+/m0/s1. The van der Waals surface area contributed by atoms with Crippen LogP contribution in [0.2, 0.25) is 0 Å². The minimum atomic E-state index is -1.50. The van der Waals surface area contributed by atoms with Crippen LogP contribution in [-0.4, -0.2) is 83.4 Å². The number of aliphatic hydroxyl groups is 2. The molecular weight excluding hydrogens is 746 g/mol. The fourth-order valence-electron chi connectivity index (χ4n) is 8.66. The van der Waals surface area contributed by atoms with Crippen LogP contribution in [0.5, 0.6) is 23.0 Å². The molecule has 3 aromatic rings. The van der Waals surface area contributed by atoms with Gasteiger partial charge in [0.2, 0.25) is 5.79 Å². The van der Waals surface area contributed by atoms with Gasteiger partial charge >= 0.3 is 6.09 Å². The van der Waals surface area contributed by atoms with Crippen molar-refractivity contribution in [1.82, 2.24) is 4.90 Å². The lowest BCUT2D eigenvalue weighted by Gasteiger charge is -2.59. The highest BCUT2D eigenvalue weighted by molar-refractivity contribution is 6.03. The van der Waals surface area contributed by atoms with Crippen molar-refractivity contribution in [2.75, 3.05) is 33.5 Å². The van der Waals surface area contributed by atoms with Gasteiger partial charge in [0.25, 0.3) is 5.69 Å². The Hall–Kier alpha value is -5.57. The van der Waals surface area contributed by atoms with Gasteiger partial charge in [0.1, 0.15) is 41.9 Å². The Morgan fingerprint density at radius 2 is 1.76 bits per heavy atom. The third kappa shape index (κ3) is 8.94. The van der Waals surface area contributed by atoms with Crippen LogP contribution in [-0.2, 0) is 9.57 Å². The number of nitro groups is 1. The number of carbonyl (C=O) groups excluding carboxylic acids is 2. The quantitative estimate of drug-likeness (QED) is 0.0395. The Kier molecular flexibility index (Phi) is 14.0. The molecule has 2 N–H and O–H groups in total. The predicted octanol–water partition coefficient (Wildman–Crippen LogP) is 7.98. The van der Waals surface area contributed by atoms with Crippen molar-refractivity contribution in [2.45, 2.75) is 69.6 Å². The molecule has 1 aliphatic heterocycles. The van der Waals surface area contributed by atoms with Gasteiger partial charge in [-0.3, -0.25) is 14.9 Å². The summed E-state index contributed by atoms with van der Waals surface area (Å²) in [7, 11) is 1.60. The number of non-ortho nitro benzene ring substituents is 1. The van der Waals surface area contributed by atoms with Crippen LogP contribution in [0, 0.1) is 27.9 Å². The molecule has 0 saturated heterocycles. The summed E-state index contributed by atoms with van der Waals surface area (Å²) in [6.07, 6.45) is 8.40. The van der Waals surface area contributed by atoms with Gasteiger partial charge < -0.3 is 38.9 Å². The number of likely N-dealkylation sites (N-methyl/N-ethyl adjacent to an activating group) is 1. The molecule has 58 heavy (non-hydrogen) atoms. The second-order valence-electron chi connectivity index (χ2n) is 14.7. The Balaban J connectivity index is 1.52. The molecule has 6 atom stereocenters. The SMILES string of the molecule is C=CCO[C@@]12Oc3ccc(Oc4cccc(C=O)c4)cc3[C@H]3[C@H](CCCCO)[C@@H](CCCCO)C=C(C(=NOCC)C[C@@H]1N(C)C(=O)Oc1ccc([N+](=O)[O-])cc1)[C@H]32. The van der Waals surface area contributed by atoms with Gasteiger partial charge in [-0.1, -0.05) is 42.3 Å². The summed E-state index contributed by atoms with van der Waals surface area (Å²) < 4.78 is 26.1. The van der Waals surface area contributed by atoms with Gasteiger partial charge in [-0.15, -0.1) is 6.58 Å². The second-order valence-corrected chi connectivity index (χ2v) is 14.7. The van der Waals surface area contributed by atoms with Crippen LogP contribution in [0.3, 0.4) is 0 Å². The lowest BCUT2D eigenvalue weighted by Crippen LogP contribution is -2.69. The average Bonchev–Trinajstić information content (AvgIpc) is 3.23. The monoisotopic (exact) mass is 797 g/mol. The molecule has 14 heteroatoms. The number of nitro benzene ring substituents is 1. The highest BCUT2D eigenvalue weighted by Gasteiger charge is 2.65. The molecule has 308 valence electrons. The minimum absolute atomic E-state index is 0.00792. The number of nitrogens with zero attached hydrogens (tertiary/aromatic N) is 3. The van der Waals surface area contributed by atoms with E-state index in [9.17, 15) is 29.9 Å². The number of unbranched alkanes of at least 4 members (excludes halogenated alkanes) is 2. The van der Waals surface area contributed by atoms with Crippen LogP contribution >= 0.6 is 0 Å². The Morgan fingerprint density at radius 3 is 2.45 bits per heavy atom. The molecule has 0 spiro atoms. The maximum Gasteiger partial charge on any atom is 0.415 e. The van der Waals surface area contributed by atoms with Gasteiger partial charge in [0, 0.05) is 55.9 Å². The fourth-order valence-corrected chi connectivity index (χ4v) is 8.66. The first-order valence-corrected chi connectivity index (χ1v) is 19.8. The third-order valence-electron chi connectivity index (χ3n) is 11.2. The number of oxime groups is 1. The highest BCUT2D eigenvalue weighted by atomic mass is 16.7. The number of aliphatic hydroxyl groups excluding tert-OH is 2. The van der Waals surface area contributed by atoms with Gasteiger partial charge in [0.05, 0.1) is 23.2 Å². The lowest BCUT2D eigenvalue weighted by atomic mass is 9.55. The van der Waals surface area contributed by atoms with Crippen molar-refractivity contribution in [1.29, 1.82) is 0 Å². The first kappa shape index (κ1) is 42.0. The normalized spacial score (nSPS) is 23.7. The number of ether oxygens (including phenoxy) is 4. The highest BCUT2D eigenvalue weighted by Crippen LogP contribution is 2.62. The van der Waals surface area contributed by atoms with E-state index in [1.165, 1.54) is 29.2 Å². The topological polar surface area (TPSA) is 179 Å². The molecule has 3 aliphatic rings. The van der Waals surface area contributed by atoms with Gasteiger partial charge in [-0.2, -0.15) is 0 Å². The van der Waals surface area contributed by atoms with Crippen molar-refractivity contribution < 1.29 is 48.5 Å². The van der Waals surface area contributed by atoms with E-state index < -0.39 is 28.8 Å². The maximum absolute atomic E-state index is 14.1. The van der Waals surface area contributed by atoms with Crippen molar-refractivity contribution in [2.24, 2.45) is 22.9 Å². The number of hydrogen-bond acceptors (Lipinski definition) is 12. The fraction of sp³-hybridized carbons (Fsp3) is 0.432. The molecule has 0 bridgehead atoms. The molecule has 6 rings (SSSR count). The molecule has 1 amide bonds. The zero-order chi connectivity index (χ0) is 41.2. The zero-order valence-corrected chi connectivity index (χ0v) is 32.9. The first-order valence-electron chi connectivity index (χ1n) is 19.8. The van der Waals surface area contributed by atoms with Crippen LogP contribution in [0.25, 0.3) is 0 Å². The van der Waals surface area contributed by atoms with Gasteiger partial charge in [-0.05, 0) is 92.5 Å². The van der Waals surface area contributed by atoms with E-state index in [-0.39, 0.29) is 55.4 Å². The van der Waals surface area contributed by atoms with E-state index in [0.717, 1.165) is 43.1 Å². The summed E-state index contributed by atoms with van der Waals surface area (Å²) in [5.74, 6) is -0.627. The molecule has 1 heterocycles. The number of hydrogen-bond donors (Lipinski definition) is 2. The summed E-state index contributed by atoms with van der Waals surface area (Å²) in [5, 5.41) is 35.6. The Bertz CT molecular complexity index is 2000. The number of rotatable bonds is 19. The second kappa shape index (κ2) is 19.2.